The van der Waals surface area contributed by atoms with Crippen molar-refractivity contribution in [1.29, 1.82) is 0 Å². The van der Waals surface area contributed by atoms with Crippen LogP contribution in [0.25, 0.3) is 10.8 Å². The molecule has 0 aliphatic carbocycles. The predicted molar refractivity (Wildman–Crippen MR) is 158 cm³/mol. The smallest absolute Gasteiger partial charge is 0.271 e. The maximum atomic E-state index is 12.6. The second kappa shape index (κ2) is 13.1. The number of rotatable bonds is 11. The van der Waals surface area contributed by atoms with Crippen LogP contribution in [0.1, 0.15) is 34.8 Å². The standard InChI is InChI=1S/C30H29IN2O5/c1-4-14-37-26-13-12-22(17-27(26)35-2)30(34)33-32-18-20-15-25(31)29(28(16-20)36-3)38-19-23-10-7-9-21-8-5-6-11-24(21)23/h5-13,15-18H,4,14,19H2,1-3H3,(H,33,34)/b32-18+. The molecule has 0 saturated carbocycles. The van der Waals surface area contributed by atoms with Crippen LogP contribution in [0.4, 0.5) is 0 Å². The molecular formula is C30H29IN2O5. The van der Waals surface area contributed by atoms with Crippen molar-refractivity contribution in [3.05, 3.63) is 93.1 Å². The number of benzene rings is 4. The van der Waals surface area contributed by atoms with E-state index >= 15 is 0 Å². The topological polar surface area (TPSA) is 78.4 Å². The van der Waals surface area contributed by atoms with Gasteiger partial charge in [-0.1, -0.05) is 49.4 Å². The van der Waals surface area contributed by atoms with Crippen molar-refractivity contribution < 1.29 is 23.7 Å². The highest BCUT2D eigenvalue weighted by Crippen LogP contribution is 2.35. The van der Waals surface area contributed by atoms with E-state index in [2.05, 4.69) is 57.4 Å². The molecule has 7 nitrogen and oxygen atoms in total. The first-order chi connectivity index (χ1) is 18.5. The minimum Gasteiger partial charge on any atom is -0.493 e. The lowest BCUT2D eigenvalue weighted by Crippen LogP contribution is -2.17. The fourth-order valence-electron chi connectivity index (χ4n) is 3.89. The molecule has 8 heteroatoms. The van der Waals surface area contributed by atoms with Crippen LogP contribution in [-0.2, 0) is 6.61 Å². The van der Waals surface area contributed by atoms with Gasteiger partial charge in [0, 0.05) is 5.56 Å². The monoisotopic (exact) mass is 624 g/mol. The van der Waals surface area contributed by atoms with Gasteiger partial charge in [0.1, 0.15) is 6.61 Å². The van der Waals surface area contributed by atoms with Gasteiger partial charge in [-0.05, 0) is 81.2 Å². The average Bonchev–Trinajstić information content (AvgIpc) is 2.95. The van der Waals surface area contributed by atoms with Crippen molar-refractivity contribution in [1.82, 2.24) is 5.43 Å². The summed E-state index contributed by atoms with van der Waals surface area (Å²) in [6.07, 6.45) is 2.44. The van der Waals surface area contributed by atoms with Gasteiger partial charge in [0.25, 0.3) is 5.91 Å². The summed E-state index contributed by atoms with van der Waals surface area (Å²) < 4.78 is 23.7. The highest BCUT2D eigenvalue weighted by molar-refractivity contribution is 14.1. The van der Waals surface area contributed by atoms with Crippen molar-refractivity contribution in [2.24, 2.45) is 5.10 Å². The second-order valence-corrected chi connectivity index (χ2v) is 9.54. The van der Waals surface area contributed by atoms with Gasteiger partial charge < -0.3 is 18.9 Å². The molecule has 4 aromatic carbocycles. The molecule has 0 fully saturated rings. The minimum absolute atomic E-state index is 0.363. The van der Waals surface area contributed by atoms with E-state index < -0.39 is 0 Å². The van der Waals surface area contributed by atoms with Crippen LogP contribution in [0.15, 0.2) is 77.9 Å². The lowest BCUT2D eigenvalue weighted by atomic mass is 10.1. The molecule has 196 valence electrons. The molecular weight excluding hydrogens is 595 g/mol. The zero-order chi connectivity index (χ0) is 26.9. The third kappa shape index (κ3) is 6.55. The van der Waals surface area contributed by atoms with Crippen molar-refractivity contribution in [2.45, 2.75) is 20.0 Å². The zero-order valence-electron chi connectivity index (χ0n) is 21.5. The molecule has 0 heterocycles. The van der Waals surface area contributed by atoms with Crippen LogP contribution in [0.5, 0.6) is 23.0 Å². The Morgan fingerprint density at radius 3 is 2.50 bits per heavy atom. The Hall–Kier alpha value is -3.79. The van der Waals surface area contributed by atoms with Crippen molar-refractivity contribution in [3.8, 4) is 23.0 Å². The molecule has 0 aromatic heterocycles. The lowest BCUT2D eigenvalue weighted by molar-refractivity contribution is 0.0954. The Labute approximate surface area is 235 Å². The van der Waals surface area contributed by atoms with Gasteiger partial charge in [0.05, 0.1) is 30.6 Å². The molecule has 1 N–H and O–H groups in total. The number of hydrogen-bond donors (Lipinski definition) is 1. The summed E-state index contributed by atoms with van der Waals surface area (Å²) in [4.78, 5) is 12.6. The molecule has 0 atom stereocenters. The van der Waals surface area contributed by atoms with E-state index in [9.17, 15) is 4.79 Å². The van der Waals surface area contributed by atoms with Gasteiger partial charge in [0.15, 0.2) is 23.0 Å². The van der Waals surface area contributed by atoms with E-state index in [0.29, 0.717) is 41.8 Å². The summed E-state index contributed by atoms with van der Waals surface area (Å²) >= 11 is 2.21. The summed E-state index contributed by atoms with van der Waals surface area (Å²) in [7, 11) is 3.14. The number of methoxy groups -OCH3 is 2. The normalized spacial score (nSPS) is 10.9. The average molecular weight is 624 g/mol. The van der Waals surface area contributed by atoms with Gasteiger partial charge >= 0.3 is 0 Å². The number of nitrogens with zero attached hydrogens (tertiary/aromatic N) is 1. The molecule has 0 bridgehead atoms. The largest absolute Gasteiger partial charge is 0.493 e. The van der Waals surface area contributed by atoms with E-state index in [-0.39, 0.29) is 5.91 Å². The van der Waals surface area contributed by atoms with Gasteiger partial charge in [-0.3, -0.25) is 4.79 Å². The van der Waals surface area contributed by atoms with E-state index in [4.69, 9.17) is 18.9 Å². The number of nitrogens with one attached hydrogen (secondary N) is 1. The van der Waals surface area contributed by atoms with Crippen molar-refractivity contribution in [2.75, 3.05) is 20.8 Å². The number of hydrazone groups is 1. The van der Waals surface area contributed by atoms with Crippen LogP contribution < -0.4 is 24.4 Å². The van der Waals surface area contributed by atoms with Crippen molar-refractivity contribution >= 4 is 45.5 Å². The van der Waals surface area contributed by atoms with E-state index in [1.54, 1.807) is 38.6 Å². The number of hydrogen-bond acceptors (Lipinski definition) is 6. The van der Waals surface area contributed by atoms with Gasteiger partial charge in [-0.15, -0.1) is 0 Å². The molecule has 1 amide bonds. The van der Waals surface area contributed by atoms with E-state index in [0.717, 1.165) is 26.5 Å². The third-order valence-electron chi connectivity index (χ3n) is 5.77. The first-order valence-corrected chi connectivity index (χ1v) is 13.2. The number of halogens is 1. The zero-order valence-corrected chi connectivity index (χ0v) is 23.7. The maximum absolute atomic E-state index is 12.6. The fraction of sp³-hybridized carbons (Fsp3) is 0.200. The Balaban J connectivity index is 1.44. The highest BCUT2D eigenvalue weighted by atomic mass is 127. The van der Waals surface area contributed by atoms with Crippen LogP contribution in [0.3, 0.4) is 0 Å². The Bertz CT molecular complexity index is 1450. The molecule has 0 spiro atoms. The van der Waals surface area contributed by atoms with E-state index in [1.807, 2.05) is 37.3 Å². The van der Waals surface area contributed by atoms with Crippen LogP contribution in [0.2, 0.25) is 0 Å². The minimum atomic E-state index is -0.363. The SMILES string of the molecule is CCCOc1ccc(C(=O)N/N=C/c2cc(I)c(OCc3cccc4ccccc34)c(OC)c2)cc1OC. The number of amides is 1. The maximum Gasteiger partial charge on any atom is 0.271 e. The molecule has 38 heavy (non-hydrogen) atoms. The molecule has 0 aliphatic rings. The Kier molecular flexibility index (Phi) is 9.42. The van der Waals surface area contributed by atoms with Gasteiger partial charge in [-0.2, -0.15) is 5.10 Å². The van der Waals surface area contributed by atoms with Crippen LogP contribution in [0, 0.1) is 3.57 Å². The highest BCUT2D eigenvalue weighted by Gasteiger charge is 2.13. The Morgan fingerprint density at radius 1 is 0.921 bits per heavy atom. The molecule has 0 radical (unpaired) electrons. The number of ether oxygens (including phenoxy) is 4. The summed E-state index contributed by atoms with van der Waals surface area (Å²) in [6.45, 7) is 3.00. The first kappa shape index (κ1) is 27.3. The summed E-state index contributed by atoms with van der Waals surface area (Å²) in [5.74, 6) is 1.96. The number of carbonyl (C=O) groups is 1. The predicted octanol–water partition coefficient (Wildman–Crippen LogP) is 6.59. The molecule has 4 rings (SSSR count). The van der Waals surface area contributed by atoms with Crippen LogP contribution >= 0.6 is 22.6 Å². The van der Waals surface area contributed by atoms with Gasteiger partial charge in [0.2, 0.25) is 0 Å². The summed E-state index contributed by atoms with van der Waals surface area (Å²) in [5, 5.41) is 6.45. The molecule has 0 saturated heterocycles. The number of fused-ring (bicyclic) bond motifs is 1. The molecule has 4 aromatic rings. The first-order valence-electron chi connectivity index (χ1n) is 12.1. The van der Waals surface area contributed by atoms with Crippen LogP contribution in [-0.4, -0.2) is 32.9 Å². The fourth-order valence-corrected chi connectivity index (χ4v) is 4.67. The summed E-state index contributed by atoms with van der Waals surface area (Å²) in [6, 6.07) is 23.2. The molecule has 0 unspecified atom stereocenters. The van der Waals surface area contributed by atoms with Crippen molar-refractivity contribution in [3.63, 3.8) is 0 Å². The molecule has 0 aliphatic heterocycles. The third-order valence-corrected chi connectivity index (χ3v) is 6.57. The Morgan fingerprint density at radius 2 is 1.71 bits per heavy atom. The summed E-state index contributed by atoms with van der Waals surface area (Å²) in [5.41, 5.74) is 4.81. The van der Waals surface area contributed by atoms with Gasteiger partial charge in [-0.25, -0.2) is 5.43 Å². The lowest BCUT2D eigenvalue weighted by Gasteiger charge is -2.14. The number of carbonyl (C=O) groups excluding carboxylic acids is 1. The quantitative estimate of drug-likeness (QED) is 0.116. The van der Waals surface area contributed by atoms with E-state index in [1.165, 1.54) is 5.39 Å². The second-order valence-electron chi connectivity index (χ2n) is 8.37.